The lowest BCUT2D eigenvalue weighted by Crippen LogP contribution is -1.94. The van der Waals surface area contributed by atoms with Crippen molar-refractivity contribution in [1.82, 2.24) is 9.30 Å². The van der Waals surface area contributed by atoms with Gasteiger partial charge in [-0.25, -0.2) is 0 Å². The van der Waals surface area contributed by atoms with Crippen molar-refractivity contribution in [3.05, 3.63) is 109 Å². The highest BCUT2D eigenvalue weighted by molar-refractivity contribution is 6.10. The van der Waals surface area contributed by atoms with Gasteiger partial charge in [-0.1, -0.05) is 60.7 Å². The van der Waals surface area contributed by atoms with Gasteiger partial charge in [-0.05, 0) is 53.6 Å². The summed E-state index contributed by atoms with van der Waals surface area (Å²) in [6.07, 6.45) is 0. The number of aromatic nitrogens is 2. The van der Waals surface area contributed by atoms with E-state index in [9.17, 15) is 10.3 Å². The van der Waals surface area contributed by atoms with Gasteiger partial charge in [0, 0.05) is 27.6 Å². The Labute approximate surface area is 195 Å². The number of fused-ring (bicyclic) bond motifs is 6. The molecule has 0 fully saturated rings. The molecule has 34 heavy (non-hydrogen) atoms. The molecule has 0 amide bonds. The number of nitrogens with zero attached hydrogens (tertiary/aromatic N) is 2. The summed E-state index contributed by atoms with van der Waals surface area (Å²) in [5, 5.41) is 25.7. The maximum absolute atomic E-state index is 10.7. The fourth-order valence-corrected chi connectivity index (χ4v) is 5.22. The van der Waals surface area contributed by atoms with Crippen molar-refractivity contribution < 1.29 is 10.3 Å². The topological polar surface area (TPSA) is 50.3 Å². The van der Waals surface area contributed by atoms with Gasteiger partial charge in [-0.3, -0.25) is 0 Å². The van der Waals surface area contributed by atoms with Gasteiger partial charge >= 0.3 is 0 Å². The largest absolute Gasteiger partial charge is 0.508 e. The fourth-order valence-electron chi connectivity index (χ4n) is 5.22. The summed E-state index contributed by atoms with van der Waals surface area (Å²) in [6, 6.07) is 36.2. The van der Waals surface area contributed by atoms with Crippen LogP contribution in [0, 0.1) is 0 Å². The molecular weight excluding hydrogens is 420 g/mol. The average molecular weight is 441 g/mol. The van der Waals surface area contributed by atoms with Crippen LogP contribution in [-0.2, 0) is 0 Å². The predicted molar refractivity (Wildman–Crippen MR) is 138 cm³/mol. The van der Waals surface area contributed by atoms with E-state index >= 15 is 0 Å². The smallest absolute Gasteiger partial charge is 0.118 e. The van der Waals surface area contributed by atoms with Crippen molar-refractivity contribution in [2.75, 3.05) is 0 Å². The molecule has 0 unspecified atom stereocenters. The van der Waals surface area contributed by atoms with Crippen LogP contribution in [0.2, 0.25) is 0 Å². The first-order valence-electron chi connectivity index (χ1n) is 11.2. The van der Waals surface area contributed by atoms with E-state index in [1.807, 2.05) is 48.5 Å². The highest BCUT2D eigenvalue weighted by atomic mass is 16.5. The maximum atomic E-state index is 10.7. The fraction of sp³-hybridized carbons (Fsp3) is 0. The van der Waals surface area contributed by atoms with E-state index in [-0.39, 0.29) is 5.75 Å². The third-order valence-electron chi connectivity index (χ3n) is 6.72. The minimum absolute atomic E-state index is 0.207. The van der Waals surface area contributed by atoms with Crippen molar-refractivity contribution in [3.8, 4) is 22.6 Å². The number of para-hydroxylation sites is 3. The molecule has 4 nitrogen and oxygen atoms in total. The summed E-state index contributed by atoms with van der Waals surface area (Å²) in [5.41, 5.74) is 6.51. The quantitative estimate of drug-likeness (QED) is 0.273. The first-order valence-corrected chi connectivity index (χ1v) is 11.2. The molecule has 0 radical (unpaired) electrons. The summed E-state index contributed by atoms with van der Waals surface area (Å²) in [7, 11) is 0. The number of hydrogen-bond acceptors (Lipinski definition) is 2. The highest BCUT2D eigenvalue weighted by Crippen LogP contribution is 2.37. The molecule has 2 heterocycles. The zero-order valence-corrected chi connectivity index (χ0v) is 18.2. The van der Waals surface area contributed by atoms with Crippen LogP contribution in [0.5, 0.6) is 5.75 Å². The molecule has 7 rings (SSSR count). The lowest BCUT2D eigenvalue weighted by atomic mass is 10.0. The number of phenols is 1. The molecule has 0 saturated carbocycles. The molecule has 0 atom stereocenters. The summed E-state index contributed by atoms with van der Waals surface area (Å²) < 4.78 is 3.44. The zero-order chi connectivity index (χ0) is 22.8. The molecule has 162 valence electrons. The lowest BCUT2D eigenvalue weighted by molar-refractivity contribution is 0.213. The second-order valence-electron chi connectivity index (χ2n) is 8.67. The van der Waals surface area contributed by atoms with Gasteiger partial charge in [0.1, 0.15) is 5.75 Å². The molecule has 2 N–H and O–H groups in total. The maximum Gasteiger partial charge on any atom is 0.118 e. The predicted octanol–water partition coefficient (Wildman–Crippen LogP) is 7.50. The van der Waals surface area contributed by atoms with Gasteiger partial charge in [-0.2, -0.15) is 4.73 Å². The molecular formula is C30H20N2O2. The van der Waals surface area contributed by atoms with Crippen molar-refractivity contribution in [2.24, 2.45) is 0 Å². The van der Waals surface area contributed by atoms with Gasteiger partial charge < -0.3 is 14.9 Å². The van der Waals surface area contributed by atoms with E-state index in [4.69, 9.17) is 0 Å². The SMILES string of the molecule is Oc1cc(-c2ccc3c(c2)c2ccccc2n3O)cc(-n2c3ccccc3c3ccccc32)c1. The van der Waals surface area contributed by atoms with Crippen LogP contribution in [-0.4, -0.2) is 19.6 Å². The normalized spacial score (nSPS) is 11.8. The molecule has 4 heteroatoms. The molecule has 0 bridgehead atoms. The van der Waals surface area contributed by atoms with Gasteiger partial charge in [0.2, 0.25) is 0 Å². The van der Waals surface area contributed by atoms with Gasteiger partial charge in [0.25, 0.3) is 0 Å². The Morgan fingerprint density at radius 2 is 1.03 bits per heavy atom. The number of rotatable bonds is 2. The highest BCUT2D eigenvalue weighted by Gasteiger charge is 2.15. The number of benzene rings is 5. The van der Waals surface area contributed by atoms with E-state index in [0.29, 0.717) is 0 Å². The minimum Gasteiger partial charge on any atom is -0.508 e. The van der Waals surface area contributed by atoms with Crippen molar-refractivity contribution in [2.45, 2.75) is 0 Å². The lowest BCUT2D eigenvalue weighted by Gasteiger charge is -2.12. The van der Waals surface area contributed by atoms with Crippen LogP contribution < -0.4 is 0 Å². The Hall–Kier alpha value is -4.70. The summed E-state index contributed by atoms with van der Waals surface area (Å²) in [4.78, 5) is 0. The van der Waals surface area contributed by atoms with Gasteiger partial charge in [0.15, 0.2) is 0 Å². The van der Waals surface area contributed by atoms with Gasteiger partial charge in [-0.15, -0.1) is 0 Å². The standard InChI is InChI=1S/C30H20N2O2/c33-22-16-20(19-13-14-30-26(17-19)25-9-3-6-12-29(25)32(30)34)15-21(18-22)31-27-10-4-1-7-23(27)24-8-2-5-11-28(24)31/h1-18,33-34H. The van der Waals surface area contributed by atoms with Crippen molar-refractivity contribution in [1.29, 1.82) is 0 Å². The summed E-state index contributed by atoms with van der Waals surface area (Å²) in [5.74, 6) is 0.207. The van der Waals surface area contributed by atoms with E-state index in [0.717, 1.165) is 49.7 Å². The zero-order valence-electron chi connectivity index (χ0n) is 18.2. The minimum atomic E-state index is 0.207. The van der Waals surface area contributed by atoms with Gasteiger partial charge in [0.05, 0.1) is 27.8 Å². The molecule has 0 aliphatic rings. The molecule has 7 aromatic rings. The molecule has 5 aromatic carbocycles. The van der Waals surface area contributed by atoms with E-state index in [2.05, 4.69) is 53.1 Å². The Balaban J connectivity index is 1.49. The molecule has 0 aliphatic heterocycles. The summed E-state index contributed by atoms with van der Waals surface area (Å²) >= 11 is 0. The van der Waals surface area contributed by atoms with Crippen LogP contribution in [0.1, 0.15) is 0 Å². The van der Waals surface area contributed by atoms with Crippen LogP contribution >= 0.6 is 0 Å². The third-order valence-corrected chi connectivity index (χ3v) is 6.72. The van der Waals surface area contributed by atoms with Crippen LogP contribution in [0.4, 0.5) is 0 Å². The molecule has 2 aromatic heterocycles. The van der Waals surface area contributed by atoms with E-state index in [1.165, 1.54) is 15.5 Å². The second kappa shape index (κ2) is 6.90. The Morgan fingerprint density at radius 1 is 0.471 bits per heavy atom. The van der Waals surface area contributed by atoms with E-state index in [1.54, 1.807) is 12.1 Å². The molecule has 0 spiro atoms. The number of aromatic hydroxyl groups is 1. The Morgan fingerprint density at radius 3 is 1.71 bits per heavy atom. The Bertz CT molecular complexity index is 1840. The van der Waals surface area contributed by atoms with Crippen molar-refractivity contribution >= 4 is 43.6 Å². The number of hydrogen-bond donors (Lipinski definition) is 2. The van der Waals surface area contributed by atoms with E-state index < -0.39 is 0 Å². The van der Waals surface area contributed by atoms with Crippen molar-refractivity contribution in [3.63, 3.8) is 0 Å². The third kappa shape index (κ3) is 2.60. The van der Waals surface area contributed by atoms with Crippen LogP contribution in [0.15, 0.2) is 109 Å². The Kier molecular flexibility index (Phi) is 3.82. The first kappa shape index (κ1) is 18.8. The average Bonchev–Trinajstić information content (AvgIpc) is 3.36. The van der Waals surface area contributed by atoms with Crippen LogP contribution in [0.25, 0.3) is 60.4 Å². The first-order chi connectivity index (χ1) is 16.7. The second-order valence-corrected chi connectivity index (χ2v) is 8.67. The molecule has 0 aliphatic carbocycles. The van der Waals surface area contributed by atoms with Crippen LogP contribution in [0.3, 0.4) is 0 Å². The molecule has 0 saturated heterocycles. The number of phenolic OH excluding ortho intramolecular Hbond substituents is 1. The summed E-state index contributed by atoms with van der Waals surface area (Å²) in [6.45, 7) is 0. The monoisotopic (exact) mass is 440 g/mol.